The van der Waals surface area contributed by atoms with Gasteiger partial charge in [0.1, 0.15) is 23.5 Å². The van der Waals surface area contributed by atoms with Crippen molar-refractivity contribution < 1.29 is 14.3 Å². The van der Waals surface area contributed by atoms with Crippen LogP contribution in [0.15, 0.2) is 91.0 Å². The topological polar surface area (TPSA) is 128 Å². The lowest BCUT2D eigenvalue weighted by atomic mass is 10.1. The van der Waals surface area contributed by atoms with Gasteiger partial charge in [-0.05, 0) is 39.6 Å². The van der Waals surface area contributed by atoms with E-state index < -0.39 is 11.9 Å². The number of hydrogen-bond acceptors (Lipinski definition) is 9. The number of carbonyl (C=O) groups is 2. The molecule has 5 rings (SSSR count). The Morgan fingerprint density at radius 3 is 2.66 bits per heavy atom. The van der Waals surface area contributed by atoms with Gasteiger partial charge in [0.05, 0.1) is 13.3 Å². The van der Waals surface area contributed by atoms with Crippen LogP contribution in [0.2, 0.25) is 0 Å². The maximum atomic E-state index is 13.9. The number of ether oxygens (including phenoxy) is 1. The number of carbonyl (C=O) groups excluding carboxylic acids is 2. The Bertz CT molecular complexity index is 1500. The molecule has 38 heavy (non-hydrogen) atoms. The van der Waals surface area contributed by atoms with Gasteiger partial charge in [0.2, 0.25) is 5.91 Å². The lowest BCUT2D eigenvalue weighted by Crippen LogP contribution is -2.44. The molecule has 0 aliphatic heterocycles. The van der Waals surface area contributed by atoms with Gasteiger partial charge in [-0.25, -0.2) is 4.98 Å². The van der Waals surface area contributed by atoms with Crippen LogP contribution in [-0.2, 0) is 11.3 Å². The minimum atomic E-state index is -0.989. The first kappa shape index (κ1) is 24.7. The van der Waals surface area contributed by atoms with Gasteiger partial charge in [-0.1, -0.05) is 36.4 Å². The van der Waals surface area contributed by atoms with Crippen molar-refractivity contribution in [1.29, 1.82) is 0 Å². The molecule has 0 saturated heterocycles. The molecule has 0 saturated carbocycles. The highest BCUT2D eigenvalue weighted by molar-refractivity contribution is 7.10. The molecule has 5 aromatic rings. The van der Waals surface area contributed by atoms with Gasteiger partial charge in [-0.15, -0.1) is 16.4 Å². The number of aromatic nitrogens is 6. The predicted octanol–water partition coefficient (Wildman–Crippen LogP) is 3.23. The zero-order valence-corrected chi connectivity index (χ0v) is 21.0. The van der Waals surface area contributed by atoms with Gasteiger partial charge in [0.15, 0.2) is 6.04 Å². The number of rotatable bonds is 9. The number of tetrazole rings is 1. The molecule has 190 valence electrons. The summed E-state index contributed by atoms with van der Waals surface area (Å²) in [4.78, 5) is 38.0. The highest BCUT2D eigenvalue weighted by atomic mass is 32.1. The van der Waals surface area contributed by atoms with Crippen LogP contribution < -0.4 is 15.0 Å². The number of benzene rings is 2. The molecule has 0 aliphatic carbocycles. The third kappa shape index (κ3) is 5.25. The Hall–Kier alpha value is -4.97. The van der Waals surface area contributed by atoms with Gasteiger partial charge in [0.25, 0.3) is 5.91 Å². The summed E-state index contributed by atoms with van der Waals surface area (Å²) in [5.41, 5.74) is 2.01. The molecule has 11 nitrogen and oxygen atoms in total. The molecule has 3 heterocycles. The van der Waals surface area contributed by atoms with Gasteiger partial charge >= 0.3 is 0 Å². The van der Waals surface area contributed by atoms with E-state index in [-0.39, 0.29) is 11.6 Å². The van der Waals surface area contributed by atoms with E-state index in [2.05, 4.69) is 30.8 Å². The van der Waals surface area contributed by atoms with E-state index >= 15 is 0 Å². The van der Waals surface area contributed by atoms with Crippen LogP contribution >= 0.6 is 11.3 Å². The Morgan fingerprint density at radius 1 is 1.11 bits per heavy atom. The van der Waals surface area contributed by atoms with Crippen molar-refractivity contribution in [3.05, 3.63) is 107 Å². The second-order valence-corrected chi connectivity index (χ2v) is 8.98. The van der Waals surface area contributed by atoms with Crippen LogP contribution in [0.1, 0.15) is 27.0 Å². The smallest absolute Gasteiger partial charge is 0.279 e. The van der Waals surface area contributed by atoms with Crippen molar-refractivity contribution in [3.63, 3.8) is 0 Å². The van der Waals surface area contributed by atoms with Crippen molar-refractivity contribution in [2.24, 2.45) is 0 Å². The summed E-state index contributed by atoms with van der Waals surface area (Å²) >= 11 is 1.38. The molecule has 12 heteroatoms. The second-order valence-electron chi connectivity index (χ2n) is 8.00. The first-order valence-corrected chi connectivity index (χ1v) is 12.4. The van der Waals surface area contributed by atoms with Crippen molar-refractivity contribution in [2.75, 3.05) is 12.0 Å². The summed E-state index contributed by atoms with van der Waals surface area (Å²) in [5, 5.41) is 16.1. The Balaban J connectivity index is 1.59. The lowest BCUT2D eigenvalue weighted by Gasteiger charge is -2.30. The summed E-state index contributed by atoms with van der Waals surface area (Å²) in [7, 11) is 1.51. The summed E-state index contributed by atoms with van der Waals surface area (Å²) in [6.07, 6.45) is 5.72. The third-order valence-corrected chi connectivity index (χ3v) is 6.59. The molecule has 2 amide bonds. The minimum Gasteiger partial charge on any atom is -0.494 e. The monoisotopic (exact) mass is 526 g/mol. The van der Waals surface area contributed by atoms with E-state index in [0.717, 1.165) is 5.56 Å². The average molecular weight is 527 g/mol. The lowest BCUT2D eigenvalue weighted by molar-refractivity contribution is -0.122. The molecule has 1 N–H and O–H groups in total. The first-order chi connectivity index (χ1) is 18.7. The number of hydrogen-bond donors (Lipinski definition) is 1. The molecule has 2 aromatic carbocycles. The van der Waals surface area contributed by atoms with E-state index in [9.17, 15) is 9.59 Å². The second kappa shape index (κ2) is 11.4. The van der Waals surface area contributed by atoms with Crippen LogP contribution in [-0.4, -0.2) is 49.1 Å². The molecule has 0 fully saturated rings. The molecule has 0 aliphatic rings. The van der Waals surface area contributed by atoms with Crippen molar-refractivity contribution in [1.82, 2.24) is 35.5 Å². The molecule has 0 bridgehead atoms. The van der Waals surface area contributed by atoms with Gasteiger partial charge in [-0.3, -0.25) is 19.5 Å². The van der Waals surface area contributed by atoms with Gasteiger partial charge < -0.3 is 10.1 Å². The Labute approximate surface area is 221 Å². The maximum Gasteiger partial charge on any atom is 0.279 e. The fraction of sp³-hybridized carbons (Fsp3) is 0.115. The SMILES string of the molecule is COc1cc(N(C(=O)c2cnccn2)[C@H](C(=O)NCc2ccccc2)c2cccs2)ccc1-n1cnnn1. The fourth-order valence-electron chi connectivity index (χ4n) is 3.90. The number of nitrogens with zero attached hydrogens (tertiary/aromatic N) is 7. The highest BCUT2D eigenvalue weighted by Gasteiger charge is 2.35. The number of thiophene rings is 1. The number of amides is 2. The van der Waals surface area contributed by atoms with Crippen LogP contribution in [0.5, 0.6) is 5.75 Å². The zero-order chi connectivity index (χ0) is 26.3. The van der Waals surface area contributed by atoms with E-state index in [1.807, 2.05) is 47.8 Å². The molecule has 0 unspecified atom stereocenters. The first-order valence-electron chi connectivity index (χ1n) is 11.5. The maximum absolute atomic E-state index is 13.9. The van der Waals surface area contributed by atoms with E-state index in [1.54, 1.807) is 18.2 Å². The molecular formula is C26H22N8O3S. The largest absolute Gasteiger partial charge is 0.494 e. The molecular weight excluding hydrogens is 504 g/mol. The molecule has 3 aromatic heterocycles. The van der Waals surface area contributed by atoms with Crippen molar-refractivity contribution in [2.45, 2.75) is 12.6 Å². The standard InChI is InChI=1S/C26H22N8O3S/c1-37-22-14-19(9-10-21(22)33-17-30-31-32-33)34(26(36)20-16-27-11-12-28-20)24(23-8-5-13-38-23)25(35)29-15-18-6-3-2-4-7-18/h2-14,16-17,24H,15H2,1H3,(H,29,35)/t24-/m0/s1. The molecule has 0 radical (unpaired) electrons. The Kier molecular flexibility index (Phi) is 7.41. The molecule has 0 spiro atoms. The molecule has 1 atom stereocenters. The van der Waals surface area contributed by atoms with Crippen LogP contribution in [0, 0.1) is 0 Å². The summed E-state index contributed by atoms with van der Waals surface area (Å²) < 4.78 is 7.05. The summed E-state index contributed by atoms with van der Waals surface area (Å²) in [5.74, 6) is -0.443. The minimum absolute atomic E-state index is 0.0911. The number of nitrogens with one attached hydrogen (secondary N) is 1. The van der Waals surface area contributed by atoms with Gasteiger partial charge in [-0.2, -0.15) is 4.68 Å². The third-order valence-electron chi connectivity index (χ3n) is 5.67. The van der Waals surface area contributed by atoms with Crippen LogP contribution in [0.3, 0.4) is 0 Å². The zero-order valence-electron chi connectivity index (χ0n) is 20.2. The Morgan fingerprint density at radius 2 is 1.97 bits per heavy atom. The number of anilines is 1. The predicted molar refractivity (Wildman–Crippen MR) is 140 cm³/mol. The van der Waals surface area contributed by atoms with Crippen LogP contribution in [0.25, 0.3) is 5.69 Å². The highest BCUT2D eigenvalue weighted by Crippen LogP contribution is 2.35. The normalized spacial score (nSPS) is 11.5. The van der Waals surface area contributed by atoms with Crippen LogP contribution in [0.4, 0.5) is 5.69 Å². The quantitative estimate of drug-likeness (QED) is 0.310. The summed E-state index contributed by atoms with van der Waals surface area (Å²) in [6.45, 7) is 0.302. The fourth-order valence-corrected chi connectivity index (χ4v) is 4.71. The number of methoxy groups -OCH3 is 1. The van der Waals surface area contributed by atoms with Crippen molar-refractivity contribution in [3.8, 4) is 11.4 Å². The van der Waals surface area contributed by atoms with E-state index in [0.29, 0.717) is 28.5 Å². The van der Waals surface area contributed by atoms with Gasteiger partial charge in [0, 0.05) is 35.6 Å². The van der Waals surface area contributed by atoms with E-state index in [1.165, 1.54) is 52.9 Å². The van der Waals surface area contributed by atoms with Crippen molar-refractivity contribution >= 4 is 28.8 Å². The summed E-state index contributed by atoms with van der Waals surface area (Å²) in [6, 6.07) is 17.3. The van der Waals surface area contributed by atoms with E-state index in [4.69, 9.17) is 4.74 Å². The average Bonchev–Trinajstić information content (AvgIpc) is 3.70.